The van der Waals surface area contributed by atoms with E-state index in [0.717, 1.165) is 62.5 Å². The van der Waals surface area contributed by atoms with Gasteiger partial charge in [0.1, 0.15) is 11.5 Å². The van der Waals surface area contributed by atoms with Crippen molar-refractivity contribution in [3.05, 3.63) is 96.1 Å². The maximum Gasteiger partial charge on any atom is 0.343 e. The summed E-state index contributed by atoms with van der Waals surface area (Å²) in [7, 11) is 0. The number of rotatable bonds is 20. The molecule has 0 aliphatic carbocycles. The minimum atomic E-state index is -0.471. The molecule has 0 radical (unpaired) electrons. The van der Waals surface area contributed by atoms with Crippen LogP contribution in [0.15, 0.2) is 84.9 Å². The fourth-order valence-corrected chi connectivity index (χ4v) is 4.42. The summed E-state index contributed by atoms with van der Waals surface area (Å²) in [6, 6.07) is 21.1. The first-order valence-corrected chi connectivity index (χ1v) is 16.0. The van der Waals surface area contributed by atoms with Crippen molar-refractivity contribution in [2.24, 2.45) is 0 Å². The lowest BCUT2D eigenvalue weighted by molar-refractivity contribution is -0.141. The molecule has 0 aliphatic heterocycles. The second-order valence-corrected chi connectivity index (χ2v) is 11.1. The number of hydrogen-bond acceptors (Lipinski definition) is 9. The van der Waals surface area contributed by atoms with Crippen LogP contribution in [0.5, 0.6) is 11.5 Å². The molecular formula is C38H44O9. The molecule has 3 rings (SSSR count). The summed E-state index contributed by atoms with van der Waals surface area (Å²) >= 11 is 0. The molecule has 47 heavy (non-hydrogen) atoms. The van der Waals surface area contributed by atoms with E-state index in [-0.39, 0.29) is 17.9 Å². The van der Waals surface area contributed by atoms with Crippen molar-refractivity contribution < 1.29 is 42.9 Å². The van der Waals surface area contributed by atoms with Gasteiger partial charge in [-0.1, -0.05) is 30.8 Å². The maximum absolute atomic E-state index is 12.7. The molecule has 0 fully saturated rings. The summed E-state index contributed by atoms with van der Waals surface area (Å²) in [5.74, 6) is -0.377. The summed E-state index contributed by atoms with van der Waals surface area (Å²) in [6.07, 6.45) is 6.91. The van der Waals surface area contributed by atoms with E-state index in [2.05, 4.69) is 6.58 Å². The first kappa shape index (κ1) is 36.5. The molecule has 0 unspecified atom stereocenters. The summed E-state index contributed by atoms with van der Waals surface area (Å²) in [5, 5.41) is 0. The topological polar surface area (TPSA) is 114 Å². The van der Waals surface area contributed by atoms with Crippen LogP contribution in [0.1, 0.15) is 85.9 Å². The van der Waals surface area contributed by atoms with Crippen LogP contribution in [-0.2, 0) is 23.8 Å². The van der Waals surface area contributed by atoms with Gasteiger partial charge in [0.05, 0.1) is 37.6 Å². The van der Waals surface area contributed by atoms with Gasteiger partial charge < -0.3 is 23.7 Å². The summed E-state index contributed by atoms with van der Waals surface area (Å²) < 4.78 is 26.7. The van der Waals surface area contributed by atoms with E-state index in [4.69, 9.17) is 23.7 Å². The standard InChI is InChI=1S/C38H44O9/c1-28(2)36(40)45-26-10-7-5-9-25-44-34-20-18-33(19-21-34)38(42)47-35-22-16-31(17-23-35)30-12-14-32(15-13-30)37(41)46-27-11-6-4-8-24-43-29(3)39/h12-23H,1,4-11,24-27H2,2-3H3. The lowest BCUT2D eigenvalue weighted by Gasteiger charge is -2.09. The van der Waals surface area contributed by atoms with E-state index in [1.165, 1.54) is 6.92 Å². The second kappa shape index (κ2) is 20.3. The Morgan fingerprint density at radius 2 is 0.957 bits per heavy atom. The number of ether oxygens (including phenoxy) is 5. The summed E-state index contributed by atoms with van der Waals surface area (Å²) in [5.41, 5.74) is 3.11. The fraction of sp³-hybridized carbons (Fsp3) is 0.368. The van der Waals surface area contributed by atoms with Gasteiger partial charge in [-0.3, -0.25) is 4.79 Å². The van der Waals surface area contributed by atoms with Gasteiger partial charge >= 0.3 is 23.9 Å². The van der Waals surface area contributed by atoms with E-state index in [1.54, 1.807) is 55.5 Å². The van der Waals surface area contributed by atoms with Gasteiger partial charge in [-0.25, -0.2) is 14.4 Å². The lowest BCUT2D eigenvalue weighted by Crippen LogP contribution is -2.08. The van der Waals surface area contributed by atoms with Gasteiger partial charge in [0.25, 0.3) is 0 Å². The minimum Gasteiger partial charge on any atom is -0.494 e. The van der Waals surface area contributed by atoms with Gasteiger partial charge in [0.2, 0.25) is 0 Å². The molecule has 0 saturated carbocycles. The molecule has 0 aliphatic rings. The molecule has 0 bridgehead atoms. The Kier molecular flexibility index (Phi) is 15.7. The average molecular weight is 645 g/mol. The maximum atomic E-state index is 12.7. The third-order valence-corrected chi connectivity index (χ3v) is 7.07. The van der Waals surface area contributed by atoms with Crippen molar-refractivity contribution in [3.8, 4) is 22.6 Å². The monoisotopic (exact) mass is 644 g/mol. The van der Waals surface area contributed by atoms with Crippen molar-refractivity contribution in [3.63, 3.8) is 0 Å². The molecule has 0 N–H and O–H groups in total. The zero-order chi connectivity index (χ0) is 33.9. The molecule has 9 heteroatoms. The zero-order valence-electron chi connectivity index (χ0n) is 27.3. The van der Waals surface area contributed by atoms with Gasteiger partial charge in [-0.05, 0) is 118 Å². The molecule has 3 aromatic carbocycles. The molecule has 0 aromatic heterocycles. The van der Waals surface area contributed by atoms with E-state index < -0.39 is 5.97 Å². The molecule has 0 amide bonds. The van der Waals surface area contributed by atoms with Gasteiger partial charge in [0.15, 0.2) is 0 Å². The predicted octanol–water partition coefficient (Wildman–Crippen LogP) is 7.91. The number of carbonyl (C=O) groups is 4. The Hall–Kier alpha value is -4.92. The lowest BCUT2D eigenvalue weighted by atomic mass is 10.0. The Morgan fingerprint density at radius 1 is 0.511 bits per heavy atom. The van der Waals surface area contributed by atoms with Gasteiger partial charge in [-0.2, -0.15) is 0 Å². The summed E-state index contributed by atoms with van der Waals surface area (Å²) in [4.78, 5) is 47.1. The third-order valence-electron chi connectivity index (χ3n) is 7.07. The van der Waals surface area contributed by atoms with E-state index >= 15 is 0 Å². The molecule has 0 saturated heterocycles. The van der Waals surface area contributed by atoms with Crippen LogP contribution in [0.3, 0.4) is 0 Å². The van der Waals surface area contributed by atoms with Crippen LogP contribution < -0.4 is 9.47 Å². The Morgan fingerprint density at radius 3 is 1.51 bits per heavy atom. The van der Waals surface area contributed by atoms with Crippen LogP contribution in [-0.4, -0.2) is 50.3 Å². The first-order chi connectivity index (χ1) is 22.7. The molecule has 0 spiro atoms. The number of hydrogen-bond donors (Lipinski definition) is 0. The quantitative estimate of drug-likeness (QED) is 0.0398. The van der Waals surface area contributed by atoms with E-state index in [1.807, 2.05) is 24.3 Å². The molecule has 250 valence electrons. The molecular weight excluding hydrogens is 600 g/mol. The Bertz CT molecular complexity index is 1440. The largest absolute Gasteiger partial charge is 0.494 e. The number of carbonyl (C=O) groups excluding carboxylic acids is 4. The minimum absolute atomic E-state index is 0.272. The smallest absolute Gasteiger partial charge is 0.343 e. The number of unbranched alkanes of at least 4 members (excludes halogenated alkanes) is 6. The predicted molar refractivity (Wildman–Crippen MR) is 178 cm³/mol. The average Bonchev–Trinajstić information content (AvgIpc) is 3.07. The third kappa shape index (κ3) is 13.9. The van der Waals surface area contributed by atoms with Gasteiger partial charge in [0, 0.05) is 12.5 Å². The van der Waals surface area contributed by atoms with E-state index in [9.17, 15) is 19.2 Å². The van der Waals surface area contributed by atoms with Gasteiger partial charge in [-0.15, -0.1) is 0 Å². The van der Waals surface area contributed by atoms with Crippen molar-refractivity contribution in [1.29, 1.82) is 0 Å². The van der Waals surface area contributed by atoms with Crippen LogP contribution in [0.4, 0.5) is 0 Å². The zero-order valence-corrected chi connectivity index (χ0v) is 27.3. The molecule has 9 nitrogen and oxygen atoms in total. The highest BCUT2D eigenvalue weighted by Gasteiger charge is 2.11. The Balaban J connectivity index is 1.34. The molecule has 0 heterocycles. The van der Waals surface area contributed by atoms with Crippen molar-refractivity contribution in [1.82, 2.24) is 0 Å². The highest BCUT2D eigenvalue weighted by Crippen LogP contribution is 2.24. The summed E-state index contributed by atoms with van der Waals surface area (Å²) in [6.45, 7) is 8.29. The van der Waals surface area contributed by atoms with Crippen molar-refractivity contribution in [2.45, 2.75) is 65.2 Å². The van der Waals surface area contributed by atoms with Crippen molar-refractivity contribution in [2.75, 3.05) is 26.4 Å². The second-order valence-electron chi connectivity index (χ2n) is 11.1. The Labute approximate surface area is 276 Å². The van der Waals surface area contributed by atoms with Crippen LogP contribution in [0.25, 0.3) is 11.1 Å². The fourth-order valence-electron chi connectivity index (χ4n) is 4.42. The van der Waals surface area contributed by atoms with Crippen LogP contribution in [0.2, 0.25) is 0 Å². The number of esters is 4. The molecule has 3 aromatic rings. The molecule has 0 atom stereocenters. The normalized spacial score (nSPS) is 10.5. The van der Waals surface area contributed by atoms with Crippen molar-refractivity contribution >= 4 is 23.9 Å². The SMILES string of the molecule is C=C(C)C(=O)OCCCCCCOc1ccc(C(=O)Oc2ccc(-c3ccc(C(=O)OCCCCCCOC(C)=O)cc3)cc2)cc1. The first-order valence-electron chi connectivity index (χ1n) is 16.0. The van der Waals surface area contributed by atoms with Crippen LogP contribution >= 0.6 is 0 Å². The number of benzene rings is 3. The highest BCUT2D eigenvalue weighted by atomic mass is 16.5. The van der Waals surface area contributed by atoms with Crippen LogP contribution in [0, 0.1) is 0 Å². The highest BCUT2D eigenvalue weighted by molar-refractivity contribution is 5.91. The van der Waals surface area contributed by atoms with E-state index in [0.29, 0.717) is 54.6 Å².